The van der Waals surface area contributed by atoms with Crippen LogP contribution in [-0.2, 0) is 0 Å². The van der Waals surface area contributed by atoms with Crippen LogP contribution in [0.3, 0.4) is 0 Å². The van der Waals surface area contributed by atoms with E-state index >= 15 is 0 Å². The van der Waals surface area contributed by atoms with Crippen LogP contribution in [-0.4, -0.2) is 25.4 Å². The van der Waals surface area contributed by atoms with Crippen molar-refractivity contribution in [3.8, 4) is 11.5 Å². The maximum Gasteiger partial charge on any atom is 0.146 e. The Kier molecular flexibility index (Phi) is 4.34. The van der Waals surface area contributed by atoms with E-state index in [9.17, 15) is 0 Å². The van der Waals surface area contributed by atoms with E-state index < -0.39 is 0 Å². The van der Waals surface area contributed by atoms with Gasteiger partial charge in [0.05, 0.1) is 20.4 Å². The van der Waals surface area contributed by atoms with E-state index in [1.807, 2.05) is 36.4 Å². The van der Waals surface area contributed by atoms with Gasteiger partial charge in [-0.2, -0.15) is 5.10 Å². The van der Waals surface area contributed by atoms with E-state index in [0.717, 1.165) is 17.1 Å². The minimum Gasteiger partial charge on any atom is -0.497 e. The van der Waals surface area contributed by atoms with Gasteiger partial charge < -0.3 is 9.47 Å². The second-order valence-corrected chi connectivity index (χ2v) is 3.69. The molecule has 0 unspecified atom stereocenters. The zero-order chi connectivity index (χ0) is 13.5. The Labute approximate surface area is 111 Å². The largest absolute Gasteiger partial charge is 0.497 e. The van der Waals surface area contributed by atoms with Gasteiger partial charge >= 0.3 is 0 Å². The molecule has 1 aromatic heterocycles. The molecule has 2 rings (SSSR count). The van der Waals surface area contributed by atoms with Crippen molar-refractivity contribution in [2.24, 2.45) is 5.10 Å². The summed E-state index contributed by atoms with van der Waals surface area (Å²) in [5.41, 5.74) is 3.67. The number of hydrogen-bond donors (Lipinski definition) is 1. The predicted molar refractivity (Wildman–Crippen MR) is 75.0 cm³/mol. The highest BCUT2D eigenvalue weighted by molar-refractivity contribution is 5.84. The van der Waals surface area contributed by atoms with Crippen molar-refractivity contribution in [1.29, 1.82) is 0 Å². The van der Waals surface area contributed by atoms with Crippen LogP contribution >= 0.6 is 0 Å². The highest BCUT2D eigenvalue weighted by atomic mass is 16.5. The zero-order valence-electron chi connectivity index (χ0n) is 10.8. The van der Waals surface area contributed by atoms with Gasteiger partial charge in [-0.05, 0) is 30.3 Å². The number of anilines is 1. The molecule has 0 fully saturated rings. The number of ether oxygens (including phenoxy) is 2. The quantitative estimate of drug-likeness (QED) is 0.660. The fourth-order valence-electron chi connectivity index (χ4n) is 1.54. The summed E-state index contributed by atoms with van der Waals surface area (Å²) in [5, 5.41) is 4.12. The molecule has 1 N–H and O–H groups in total. The summed E-state index contributed by atoms with van der Waals surface area (Å²) in [6, 6.07) is 11.1. The zero-order valence-corrected chi connectivity index (χ0v) is 10.8. The Morgan fingerprint density at radius 3 is 2.74 bits per heavy atom. The Hall–Kier alpha value is -2.56. The van der Waals surface area contributed by atoms with E-state index in [-0.39, 0.29) is 0 Å². The average molecular weight is 257 g/mol. The summed E-state index contributed by atoms with van der Waals surface area (Å²) in [7, 11) is 3.24. The van der Waals surface area contributed by atoms with Gasteiger partial charge in [-0.25, -0.2) is 4.98 Å². The molecule has 0 saturated heterocycles. The van der Waals surface area contributed by atoms with Gasteiger partial charge in [0.25, 0.3) is 0 Å². The lowest BCUT2D eigenvalue weighted by Crippen LogP contribution is -1.96. The number of pyridine rings is 1. The lowest BCUT2D eigenvalue weighted by atomic mass is 10.2. The Morgan fingerprint density at radius 2 is 2.05 bits per heavy atom. The van der Waals surface area contributed by atoms with Gasteiger partial charge in [0.1, 0.15) is 17.3 Å². The fraction of sp³-hybridized carbons (Fsp3) is 0.143. The number of aromatic nitrogens is 1. The molecule has 2 aromatic rings. The van der Waals surface area contributed by atoms with E-state index in [1.165, 1.54) is 0 Å². The number of benzene rings is 1. The van der Waals surface area contributed by atoms with Crippen LogP contribution in [0, 0.1) is 0 Å². The number of hydrazone groups is 1. The van der Waals surface area contributed by atoms with Gasteiger partial charge in [0, 0.05) is 11.8 Å². The molecule has 1 heterocycles. The molecule has 0 amide bonds. The van der Waals surface area contributed by atoms with E-state index in [0.29, 0.717) is 5.82 Å². The smallest absolute Gasteiger partial charge is 0.146 e. The summed E-state index contributed by atoms with van der Waals surface area (Å²) in [6.07, 6.45) is 3.36. The van der Waals surface area contributed by atoms with E-state index in [2.05, 4.69) is 15.5 Å². The van der Waals surface area contributed by atoms with Crippen molar-refractivity contribution in [3.05, 3.63) is 48.2 Å². The molecule has 0 saturated carbocycles. The highest BCUT2D eigenvalue weighted by Gasteiger charge is 2.02. The highest BCUT2D eigenvalue weighted by Crippen LogP contribution is 2.22. The predicted octanol–water partition coefficient (Wildman–Crippen LogP) is 2.54. The lowest BCUT2D eigenvalue weighted by Gasteiger charge is -2.06. The number of hydrogen-bond acceptors (Lipinski definition) is 5. The van der Waals surface area contributed by atoms with Crippen LogP contribution in [0.5, 0.6) is 11.5 Å². The summed E-state index contributed by atoms with van der Waals surface area (Å²) < 4.78 is 10.4. The first-order valence-electron chi connectivity index (χ1n) is 5.75. The van der Waals surface area contributed by atoms with Crippen molar-refractivity contribution < 1.29 is 9.47 Å². The third-order valence-electron chi connectivity index (χ3n) is 2.48. The van der Waals surface area contributed by atoms with Gasteiger partial charge in [0.15, 0.2) is 0 Å². The van der Waals surface area contributed by atoms with Crippen LogP contribution in [0.15, 0.2) is 47.7 Å². The molecule has 0 radical (unpaired) electrons. The minimum absolute atomic E-state index is 0.681. The third-order valence-corrected chi connectivity index (χ3v) is 2.48. The molecule has 5 heteroatoms. The first-order valence-corrected chi connectivity index (χ1v) is 5.75. The molecular weight excluding hydrogens is 242 g/mol. The molecule has 0 spiro atoms. The average Bonchev–Trinajstić information content (AvgIpc) is 2.48. The first-order chi connectivity index (χ1) is 9.33. The summed E-state index contributed by atoms with van der Waals surface area (Å²) >= 11 is 0. The molecule has 5 nitrogen and oxygen atoms in total. The van der Waals surface area contributed by atoms with Gasteiger partial charge in [-0.1, -0.05) is 6.07 Å². The maximum absolute atomic E-state index is 5.26. The first kappa shape index (κ1) is 12.9. The lowest BCUT2D eigenvalue weighted by molar-refractivity contribution is 0.402. The Balaban J connectivity index is 2.13. The molecule has 0 aliphatic carbocycles. The monoisotopic (exact) mass is 257 g/mol. The van der Waals surface area contributed by atoms with Crippen molar-refractivity contribution in [2.45, 2.75) is 0 Å². The Morgan fingerprint density at radius 1 is 1.16 bits per heavy atom. The second kappa shape index (κ2) is 6.39. The number of nitrogens with zero attached hydrogens (tertiary/aromatic N) is 2. The van der Waals surface area contributed by atoms with Crippen LogP contribution in [0.2, 0.25) is 0 Å². The van der Waals surface area contributed by atoms with E-state index in [4.69, 9.17) is 9.47 Å². The van der Waals surface area contributed by atoms with Crippen LogP contribution in [0.4, 0.5) is 5.82 Å². The molecule has 98 valence electrons. The van der Waals surface area contributed by atoms with Crippen molar-refractivity contribution in [3.63, 3.8) is 0 Å². The minimum atomic E-state index is 0.681. The summed E-state index contributed by atoms with van der Waals surface area (Å²) in [6.45, 7) is 0. The topological polar surface area (TPSA) is 55.7 Å². The molecule has 0 atom stereocenters. The molecule has 19 heavy (non-hydrogen) atoms. The van der Waals surface area contributed by atoms with Crippen LogP contribution < -0.4 is 14.9 Å². The molecule has 0 aliphatic rings. The fourth-order valence-corrected chi connectivity index (χ4v) is 1.54. The maximum atomic E-state index is 5.26. The van der Waals surface area contributed by atoms with E-state index in [1.54, 1.807) is 26.6 Å². The third kappa shape index (κ3) is 3.45. The molecule has 0 bridgehead atoms. The van der Waals surface area contributed by atoms with Crippen molar-refractivity contribution >= 4 is 12.0 Å². The SMILES string of the molecule is COc1ccc(OC)c(C=NNc2ccccn2)c1. The van der Waals surface area contributed by atoms with Gasteiger partial charge in [-0.3, -0.25) is 5.43 Å². The van der Waals surface area contributed by atoms with Crippen molar-refractivity contribution in [1.82, 2.24) is 4.98 Å². The second-order valence-electron chi connectivity index (χ2n) is 3.69. The summed E-state index contributed by atoms with van der Waals surface area (Å²) in [5.74, 6) is 2.16. The normalized spacial score (nSPS) is 10.4. The Bertz CT molecular complexity index is 556. The molecular formula is C14H15N3O2. The number of rotatable bonds is 5. The standard InChI is InChI=1S/C14H15N3O2/c1-18-12-6-7-13(19-2)11(9-12)10-16-17-14-5-3-4-8-15-14/h3-10H,1-2H3,(H,15,17). The van der Waals surface area contributed by atoms with Crippen LogP contribution in [0.25, 0.3) is 0 Å². The van der Waals surface area contributed by atoms with Crippen molar-refractivity contribution in [2.75, 3.05) is 19.6 Å². The summed E-state index contributed by atoms with van der Waals surface area (Å²) in [4.78, 5) is 4.11. The number of methoxy groups -OCH3 is 2. The van der Waals surface area contributed by atoms with Crippen LogP contribution in [0.1, 0.15) is 5.56 Å². The number of nitrogens with one attached hydrogen (secondary N) is 1. The van der Waals surface area contributed by atoms with Gasteiger partial charge in [0.2, 0.25) is 0 Å². The van der Waals surface area contributed by atoms with Gasteiger partial charge in [-0.15, -0.1) is 0 Å². The molecule has 1 aromatic carbocycles. The molecule has 0 aliphatic heterocycles.